The molecule has 2 aromatic rings. The molecule has 3 heterocycles. The van der Waals surface area contributed by atoms with E-state index in [4.69, 9.17) is 9.72 Å². The molecular weight excluding hydrogens is 304 g/mol. The van der Waals surface area contributed by atoms with Gasteiger partial charge in [0.25, 0.3) is 0 Å². The average molecular weight is 326 g/mol. The molecule has 0 spiro atoms. The van der Waals surface area contributed by atoms with Crippen LogP contribution in [-0.4, -0.2) is 53.2 Å². The van der Waals surface area contributed by atoms with E-state index in [0.717, 1.165) is 37.1 Å². The zero-order valence-corrected chi connectivity index (χ0v) is 14.1. The number of likely N-dealkylation sites (N-methyl/N-ethyl adjacent to an activating group) is 1. The maximum atomic E-state index is 5.19. The molecular formula is C17H22N6O. The number of hydrogen-bond acceptors (Lipinski definition) is 7. The smallest absolute Gasteiger partial charge is 0.228 e. The van der Waals surface area contributed by atoms with Crippen LogP contribution in [0.1, 0.15) is 31.0 Å². The van der Waals surface area contributed by atoms with Crippen molar-refractivity contribution in [3.8, 4) is 5.88 Å². The molecule has 2 fully saturated rings. The molecule has 24 heavy (non-hydrogen) atoms. The zero-order chi connectivity index (χ0) is 16.5. The van der Waals surface area contributed by atoms with Crippen molar-refractivity contribution in [1.82, 2.24) is 19.9 Å². The molecule has 0 amide bonds. The largest absolute Gasteiger partial charge is 0.481 e. The first kappa shape index (κ1) is 15.1. The third-order valence-corrected chi connectivity index (χ3v) is 4.78. The van der Waals surface area contributed by atoms with E-state index in [0.29, 0.717) is 17.8 Å². The molecule has 1 saturated carbocycles. The summed E-state index contributed by atoms with van der Waals surface area (Å²) in [5.74, 6) is 3.90. The maximum absolute atomic E-state index is 5.19. The number of methoxy groups -OCH3 is 1. The van der Waals surface area contributed by atoms with E-state index in [2.05, 4.69) is 31.8 Å². The Balaban J connectivity index is 1.46. The minimum Gasteiger partial charge on any atom is -0.481 e. The van der Waals surface area contributed by atoms with Gasteiger partial charge in [0, 0.05) is 50.6 Å². The van der Waals surface area contributed by atoms with Crippen molar-refractivity contribution in [2.45, 2.75) is 31.2 Å². The SMILES string of the molecule is COc1ccnc(N2CCC(N(C)c3ccnc(C4CC4)n3)C2)n1. The van der Waals surface area contributed by atoms with Gasteiger partial charge in [0.2, 0.25) is 11.8 Å². The lowest BCUT2D eigenvalue weighted by Crippen LogP contribution is -2.35. The predicted molar refractivity (Wildman–Crippen MR) is 91.6 cm³/mol. The van der Waals surface area contributed by atoms with Gasteiger partial charge in [-0.25, -0.2) is 15.0 Å². The Hall–Kier alpha value is -2.44. The van der Waals surface area contributed by atoms with E-state index in [9.17, 15) is 0 Å². The normalized spacial score (nSPS) is 20.2. The van der Waals surface area contributed by atoms with Crippen molar-refractivity contribution >= 4 is 11.8 Å². The Kier molecular flexibility index (Phi) is 3.92. The minimum atomic E-state index is 0.391. The first-order valence-electron chi connectivity index (χ1n) is 8.42. The van der Waals surface area contributed by atoms with Gasteiger partial charge in [-0.05, 0) is 25.3 Å². The second-order valence-corrected chi connectivity index (χ2v) is 6.45. The summed E-state index contributed by atoms with van der Waals surface area (Å²) in [6, 6.07) is 4.15. The van der Waals surface area contributed by atoms with Crippen molar-refractivity contribution in [3.05, 3.63) is 30.4 Å². The number of rotatable bonds is 5. The van der Waals surface area contributed by atoms with Crippen LogP contribution in [0.25, 0.3) is 0 Å². The molecule has 1 aliphatic heterocycles. The summed E-state index contributed by atoms with van der Waals surface area (Å²) in [6.45, 7) is 1.81. The number of ether oxygens (including phenoxy) is 1. The second-order valence-electron chi connectivity index (χ2n) is 6.45. The topological polar surface area (TPSA) is 67.3 Å². The molecule has 0 aromatic carbocycles. The van der Waals surface area contributed by atoms with Gasteiger partial charge in [-0.3, -0.25) is 0 Å². The Morgan fingerprint density at radius 2 is 1.96 bits per heavy atom. The molecule has 2 aromatic heterocycles. The van der Waals surface area contributed by atoms with Gasteiger partial charge in [0.05, 0.1) is 7.11 Å². The van der Waals surface area contributed by atoms with E-state index < -0.39 is 0 Å². The highest BCUT2D eigenvalue weighted by Crippen LogP contribution is 2.38. The molecule has 7 nitrogen and oxygen atoms in total. The molecule has 7 heteroatoms. The van der Waals surface area contributed by atoms with Crippen LogP contribution >= 0.6 is 0 Å². The predicted octanol–water partition coefficient (Wildman–Crippen LogP) is 1.87. The molecule has 1 aliphatic carbocycles. The fourth-order valence-corrected chi connectivity index (χ4v) is 3.12. The van der Waals surface area contributed by atoms with Gasteiger partial charge in [-0.1, -0.05) is 0 Å². The molecule has 126 valence electrons. The summed E-state index contributed by atoms with van der Waals surface area (Å²) in [7, 11) is 3.73. The van der Waals surface area contributed by atoms with E-state index in [1.165, 1.54) is 12.8 Å². The van der Waals surface area contributed by atoms with Crippen molar-refractivity contribution in [3.63, 3.8) is 0 Å². The summed E-state index contributed by atoms with van der Waals surface area (Å²) in [4.78, 5) is 22.4. The van der Waals surface area contributed by atoms with Crippen LogP contribution in [0.15, 0.2) is 24.5 Å². The van der Waals surface area contributed by atoms with Gasteiger partial charge in [0.1, 0.15) is 11.6 Å². The molecule has 1 unspecified atom stereocenters. The second kappa shape index (κ2) is 6.22. The van der Waals surface area contributed by atoms with E-state index >= 15 is 0 Å². The van der Waals surface area contributed by atoms with Crippen LogP contribution in [0.4, 0.5) is 11.8 Å². The fraction of sp³-hybridized carbons (Fsp3) is 0.529. The lowest BCUT2D eigenvalue weighted by atomic mass is 10.2. The molecule has 0 N–H and O–H groups in total. The monoisotopic (exact) mass is 326 g/mol. The van der Waals surface area contributed by atoms with Crippen LogP contribution in [-0.2, 0) is 0 Å². The van der Waals surface area contributed by atoms with Crippen molar-refractivity contribution in [2.24, 2.45) is 0 Å². The highest BCUT2D eigenvalue weighted by molar-refractivity contribution is 5.42. The maximum Gasteiger partial charge on any atom is 0.228 e. The average Bonchev–Trinajstić information content (AvgIpc) is 3.38. The highest BCUT2D eigenvalue weighted by Gasteiger charge is 2.30. The van der Waals surface area contributed by atoms with Crippen molar-refractivity contribution in [2.75, 3.05) is 37.0 Å². The first-order valence-corrected chi connectivity index (χ1v) is 8.42. The van der Waals surface area contributed by atoms with Gasteiger partial charge < -0.3 is 14.5 Å². The molecule has 0 bridgehead atoms. The van der Waals surface area contributed by atoms with Crippen LogP contribution in [0.2, 0.25) is 0 Å². The number of hydrogen-bond donors (Lipinski definition) is 0. The van der Waals surface area contributed by atoms with Gasteiger partial charge >= 0.3 is 0 Å². The molecule has 0 radical (unpaired) electrons. The van der Waals surface area contributed by atoms with Crippen LogP contribution < -0.4 is 14.5 Å². The minimum absolute atomic E-state index is 0.391. The lowest BCUT2D eigenvalue weighted by molar-refractivity contribution is 0.397. The first-order chi connectivity index (χ1) is 11.7. The molecule has 2 aliphatic rings. The molecule has 1 atom stereocenters. The van der Waals surface area contributed by atoms with Crippen molar-refractivity contribution < 1.29 is 4.74 Å². The summed E-state index contributed by atoms with van der Waals surface area (Å²) in [5, 5.41) is 0. The Bertz CT molecular complexity index is 720. The van der Waals surface area contributed by atoms with Gasteiger partial charge in [-0.15, -0.1) is 0 Å². The lowest BCUT2D eigenvalue weighted by Gasteiger charge is -2.26. The van der Waals surface area contributed by atoms with E-state index in [1.54, 1.807) is 19.4 Å². The van der Waals surface area contributed by atoms with Crippen molar-refractivity contribution in [1.29, 1.82) is 0 Å². The number of anilines is 2. The molecule has 4 rings (SSSR count). The summed E-state index contributed by atoms with van der Waals surface area (Å²) >= 11 is 0. The van der Waals surface area contributed by atoms with Crippen LogP contribution in [0, 0.1) is 0 Å². The third-order valence-electron chi connectivity index (χ3n) is 4.78. The Morgan fingerprint density at radius 3 is 2.75 bits per heavy atom. The Labute approximate surface area is 141 Å². The van der Waals surface area contributed by atoms with Gasteiger partial charge in [-0.2, -0.15) is 4.98 Å². The summed E-state index contributed by atoms with van der Waals surface area (Å²) in [6.07, 6.45) is 7.11. The summed E-state index contributed by atoms with van der Waals surface area (Å²) < 4.78 is 5.19. The van der Waals surface area contributed by atoms with E-state index in [-0.39, 0.29) is 0 Å². The number of aromatic nitrogens is 4. The number of nitrogens with zero attached hydrogens (tertiary/aromatic N) is 6. The fourth-order valence-electron chi connectivity index (χ4n) is 3.12. The van der Waals surface area contributed by atoms with Gasteiger partial charge in [0.15, 0.2) is 0 Å². The quantitative estimate of drug-likeness (QED) is 0.831. The van der Waals surface area contributed by atoms with Crippen LogP contribution in [0.3, 0.4) is 0 Å². The zero-order valence-electron chi connectivity index (χ0n) is 14.1. The standard InChI is InChI=1S/C17H22N6O/c1-22(14-5-8-18-16(20-14)12-3-4-12)13-7-10-23(11-13)17-19-9-6-15(21-17)24-2/h5-6,8-9,12-13H,3-4,7,10-11H2,1-2H3. The molecule has 1 saturated heterocycles. The Morgan fingerprint density at radius 1 is 1.12 bits per heavy atom. The third kappa shape index (κ3) is 2.98. The summed E-state index contributed by atoms with van der Waals surface area (Å²) in [5.41, 5.74) is 0. The van der Waals surface area contributed by atoms with E-state index in [1.807, 2.05) is 12.3 Å². The highest BCUT2D eigenvalue weighted by atomic mass is 16.5. The van der Waals surface area contributed by atoms with Crippen LogP contribution in [0.5, 0.6) is 5.88 Å².